The third-order valence-corrected chi connectivity index (χ3v) is 6.09. The van der Waals surface area contributed by atoms with Crippen molar-refractivity contribution in [1.29, 1.82) is 5.26 Å². The van der Waals surface area contributed by atoms with Crippen LogP contribution in [0.5, 0.6) is 0 Å². The van der Waals surface area contributed by atoms with Crippen LogP contribution in [0.2, 0.25) is 0 Å². The molecule has 34 heavy (non-hydrogen) atoms. The molecule has 12 heteroatoms. The van der Waals surface area contributed by atoms with Gasteiger partial charge in [-0.2, -0.15) is 10.4 Å². The van der Waals surface area contributed by atoms with E-state index < -0.39 is 30.9 Å². The lowest BCUT2D eigenvalue weighted by molar-refractivity contribution is -0.00905. The number of carbonyl (C=O) groups excluding carboxylic acids is 2. The number of rotatable bonds is 5. The molecule has 3 amide bonds. The number of amides is 3. The van der Waals surface area contributed by atoms with Crippen LogP contribution in [0.15, 0.2) is 18.2 Å². The summed E-state index contributed by atoms with van der Waals surface area (Å²) in [6.07, 6.45) is -2.17. The summed E-state index contributed by atoms with van der Waals surface area (Å²) in [6.45, 7) is 1.54. The highest BCUT2D eigenvalue weighted by molar-refractivity contribution is 5.96. The van der Waals surface area contributed by atoms with Crippen molar-refractivity contribution in [3.8, 4) is 6.07 Å². The average Bonchev–Trinajstić information content (AvgIpc) is 3.14. The lowest BCUT2D eigenvalue weighted by Gasteiger charge is -2.35. The molecule has 2 unspecified atom stereocenters. The number of nitrogens with one attached hydrogen (secondary N) is 1. The van der Waals surface area contributed by atoms with Gasteiger partial charge in [-0.1, -0.05) is 0 Å². The van der Waals surface area contributed by atoms with E-state index in [1.807, 2.05) is 6.92 Å². The molecule has 0 saturated carbocycles. The number of hydrogen-bond acceptors (Lipinski definition) is 5. The Labute approximate surface area is 193 Å². The third-order valence-electron chi connectivity index (χ3n) is 6.09. The summed E-state index contributed by atoms with van der Waals surface area (Å²) < 4.78 is 45.0. The van der Waals surface area contributed by atoms with E-state index in [0.29, 0.717) is 29.9 Å². The second-order valence-electron chi connectivity index (χ2n) is 8.37. The lowest BCUT2D eigenvalue weighted by Crippen LogP contribution is -2.49. The summed E-state index contributed by atoms with van der Waals surface area (Å²) in [7, 11) is 1.58. The van der Waals surface area contributed by atoms with E-state index in [-0.39, 0.29) is 36.4 Å². The van der Waals surface area contributed by atoms with E-state index in [0.717, 1.165) is 6.07 Å². The van der Waals surface area contributed by atoms with Gasteiger partial charge in [0.25, 0.3) is 12.3 Å². The molecule has 2 aliphatic heterocycles. The fourth-order valence-corrected chi connectivity index (χ4v) is 4.24. The Morgan fingerprint density at radius 2 is 2.18 bits per heavy atom. The number of carbonyl (C=O) groups is 2. The monoisotopic (exact) mass is 476 g/mol. The Hall–Kier alpha value is -3.59. The number of halogens is 3. The minimum Gasteiger partial charge on any atom is -0.373 e. The van der Waals surface area contributed by atoms with Crippen molar-refractivity contribution in [3.05, 3.63) is 46.5 Å². The Morgan fingerprint density at radius 1 is 1.41 bits per heavy atom. The number of benzene rings is 1. The Bertz CT molecular complexity index is 1160. The number of ether oxygens (including phenoxy) is 1. The minimum absolute atomic E-state index is 0.0379. The number of likely N-dealkylation sites (N-methyl/N-ethyl adjacent to an activating group) is 1. The Morgan fingerprint density at radius 3 is 2.88 bits per heavy atom. The summed E-state index contributed by atoms with van der Waals surface area (Å²) >= 11 is 0. The predicted octanol–water partition coefficient (Wildman–Crippen LogP) is 2.61. The maximum Gasteiger partial charge on any atom is 0.322 e. The van der Waals surface area contributed by atoms with Crippen LogP contribution in [0.1, 0.15) is 34.2 Å². The zero-order valence-electron chi connectivity index (χ0n) is 18.6. The molecule has 0 fully saturated rings. The van der Waals surface area contributed by atoms with E-state index in [1.54, 1.807) is 22.7 Å². The normalized spacial score (nSPS) is 19.6. The van der Waals surface area contributed by atoms with Crippen LogP contribution in [0.4, 0.5) is 23.7 Å². The number of hydrogen-bond donors (Lipinski definition) is 1. The zero-order valence-corrected chi connectivity index (χ0v) is 18.6. The number of anilines is 1. The minimum atomic E-state index is -2.59. The molecule has 0 aliphatic carbocycles. The smallest absolute Gasteiger partial charge is 0.322 e. The van der Waals surface area contributed by atoms with Crippen LogP contribution in [-0.4, -0.2) is 70.3 Å². The van der Waals surface area contributed by atoms with Gasteiger partial charge in [-0.25, -0.2) is 18.0 Å². The van der Waals surface area contributed by atoms with Crippen LogP contribution in [0.3, 0.4) is 0 Å². The van der Waals surface area contributed by atoms with Gasteiger partial charge in [-0.3, -0.25) is 9.48 Å². The first kappa shape index (κ1) is 23.6. The highest BCUT2D eigenvalue weighted by atomic mass is 19.3. The highest BCUT2D eigenvalue weighted by Gasteiger charge is 2.39. The van der Waals surface area contributed by atoms with Crippen molar-refractivity contribution in [2.75, 3.05) is 25.6 Å². The van der Waals surface area contributed by atoms with Gasteiger partial charge in [-0.05, 0) is 25.1 Å². The van der Waals surface area contributed by atoms with Gasteiger partial charge in [0.1, 0.15) is 24.2 Å². The van der Waals surface area contributed by atoms with Crippen LogP contribution in [0, 0.1) is 17.1 Å². The van der Waals surface area contributed by atoms with Crippen molar-refractivity contribution >= 4 is 17.6 Å². The van der Waals surface area contributed by atoms with E-state index >= 15 is 0 Å². The first-order chi connectivity index (χ1) is 16.2. The molecule has 9 nitrogen and oxygen atoms in total. The molecule has 3 heterocycles. The van der Waals surface area contributed by atoms with Gasteiger partial charge in [0.05, 0.1) is 37.0 Å². The molecule has 2 atom stereocenters. The van der Waals surface area contributed by atoms with Gasteiger partial charge < -0.3 is 19.9 Å². The summed E-state index contributed by atoms with van der Waals surface area (Å²) in [4.78, 5) is 29.1. The number of nitriles is 1. The van der Waals surface area contributed by atoms with Crippen molar-refractivity contribution in [2.45, 2.75) is 44.9 Å². The standard InChI is InChI=1S/C22H23F3N6O3/c1-12-5-18-16(9-30(12)22(33)27-14-3-4-17(23)13(6-14)7-26)20-21(32)29(2)15(8-31(20)28-18)10-34-11-19(24)25/h3-4,6,12,15,19H,5,8-11H2,1-2H3,(H,27,33). The molecule has 0 radical (unpaired) electrons. The van der Waals surface area contributed by atoms with Crippen LogP contribution in [0.25, 0.3) is 0 Å². The molecule has 1 N–H and O–H groups in total. The SMILES string of the molecule is CC1Cc2nn3c(c2CN1C(=O)Nc1ccc(F)c(C#N)c1)C(=O)N(C)C(COCC(F)F)C3. The molecule has 2 aromatic rings. The average molecular weight is 476 g/mol. The fourth-order valence-electron chi connectivity index (χ4n) is 4.24. The van der Waals surface area contributed by atoms with Crippen molar-refractivity contribution in [2.24, 2.45) is 0 Å². The predicted molar refractivity (Wildman–Crippen MR) is 114 cm³/mol. The number of alkyl halides is 2. The summed E-state index contributed by atoms with van der Waals surface area (Å²) in [5, 5.41) is 16.2. The van der Waals surface area contributed by atoms with Gasteiger partial charge in [0.15, 0.2) is 0 Å². The molecular weight excluding hydrogens is 453 g/mol. The second kappa shape index (κ2) is 9.34. The summed E-state index contributed by atoms with van der Waals surface area (Å²) in [5.74, 6) is -0.999. The topological polar surface area (TPSA) is 103 Å². The van der Waals surface area contributed by atoms with E-state index in [2.05, 4.69) is 10.4 Å². The number of urea groups is 1. The Kier molecular flexibility index (Phi) is 6.47. The third kappa shape index (κ3) is 4.43. The van der Waals surface area contributed by atoms with Crippen LogP contribution < -0.4 is 5.32 Å². The second-order valence-corrected chi connectivity index (χ2v) is 8.37. The summed E-state index contributed by atoms with van der Waals surface area (Å²) in [5.41, 5.74) is 1.80. The highest BCUT2D eigenvalue weighted by Crippen LogP contribution is 2.30. The van der Waals surface area contributed by atoms with Gasteiger partial charge >= 0.3 is 6.03 Å². The van der Waals surface area contributed by atoms with Crippen molar-refractivity contribution < 1.29 is 27.5 Å². The number of nitrogens with zero attached hydrogens (tertiary/aromatic N) is 5. The molecule has 2 aliphatic rings. The molecule has 0 saturated heterocycles. The van der Waals surface area contributed by atoms with E-state index in [1.165, 1.54) is 17.0 Å². The molecule has 0 bridgehead atoms. The first-order valence-corrected chi connectivity index (χ1v) is 10.7. The van der Waals surface area contributed by atoms with Gasteiger partial charge in [0.2, 0.25) is 0 Å². The molecular formula is C22H23F3N6O3. The molecule has 1 aromatic heterocycles. The lowest BCUT2D eigenvalue weighted by atomic mass is 9.98. The largest absolute Gasteiger partial charge is 0.373 e. The Balaban J connectivity index is 1.52. The van der Waals surface area contributed by atoms with Gasteiger partial charge in [0, 0.05) is 30.8 Å². The van der Waals surface area contributed by atoms with Crippen LogP contribution >= 0.6 is 0 Å². The number of fused-ring (bicyclic) bond motifs is 3. The molecule has 1 aromatic carbocycles. The first-order valence-electron chi connectivity index (χ1n) is 10.7. The molecule has 180 valence electrons. The quantitative estimate of drug-likeness (QED) is 0.715. The molecule has 4 rings (SSSR count). The van der Waals surface area contributed by atoms with Crippen LogP contribution in [-0.2, 0) is 24.2 Å². The fraction of sp³-hybridized carbons (Fsp3) is 0.455. The zero-order chi connectivity index (χ0) is 24.6. The molecule has 0 spiro atoms. The number of aromatic nitrogens is 2. The summed E-state index contributed by atoms with van der Waals surface area (Å²) in [6, 6.07) is 4.33. The van der Waals surface area contributed by atoms with E-state index in [9.17, 15) is 22.8 Å². The van der Waals surface area contributed by atoms with Gasteiger partial charge in [-0.15, -0.1) is 0 Å². The van der Waals surface area contributed by atoms with Crippen molar-refractivity contribution in [1.82, 2.24) is 19.6 Å². The van der Waals surface area contributed by atoms with Crippen molar-refractivity contribution in [3.63, 3.8) is 0 Å². The van der Waals surface area contributed by atoms with E-state index in [4.69, 9.17) is 10.00 Å². The maximum absolute atomic E-state index is 13.6. The maximum atomic E-state index is 13.6.